The lowest BCUT2D eigenvalue weighted by Gasteiger charge is -2.26. The van der Waals surface area contributed by atoms with Gasteiger partial charge in [-0.05, 0) is 119 Å². The predicted molar refractivity (Wildman–Crippen MR) is 150 cm³/mol. The number of hydrogen-bond donors (Lipinski definition) is 3. The van der Waals surface area contributed by atoms with E-state index in [2.05, 4.69) is 84.9 Å². The van der Waals surface area contributed by atoms with E-state index < -0.39 is 7.82 Å². The SMILES string of the molecule is O=P(O)(O)O.c1ccc(-c2cc3c(c(-c4cc(-c5ccccc5)cc5c4CCCC5)c2)CCCC3)cc1. The van der Waals surface area contributed by atoms with Crippen LogP contribution in [0.15, 0.2) is 84.9 Å². The Bertz CT molecular complexity index is 1320. The van der Waals surface area contributed by atoms with E-state index in [-0.39, 0.29) is 0 Å². The molecule has 0 amide bonds. The normalized spacial score (nSPS) is 14.7. The van der Waals surface area contributed by atoms with E-state index in [1.807, 2.05) is 0 Å². The third-order valence-electron chi connectivity index (χ3n) is 7.43. The monoisotopic (exact) mass is 512 g/mol. The first-order valence-corrected chi connectivity index (χ1v) is 14.6. The quantitative estimate of drug-likeness (QED) is 0.248. The molecule has 0 atom stereocenters. The molecule has 2 aliphatic rings. The Morgan fingerprint density at radius 2 is 0.838 bits per heavy atom. The fourth-order valence-electron chi connectivity index (χ4n) is 5.81. The van der Waals surface area contributed by atoms with Gasteiger partial charge in [0.2, 0.25) is 0 Å². The number of fused-ring (bicyclic) bond motifs is 2. The van der Waals surface area contributed by atoms with Crippen LogP contribution in [0.5, 0.6) is 0 Å². The Kier molecular flexibility index (Phi) is 7.73. The number of hydrogen-bond acceptors (Lipinski definition) is 1. The second-order valence-electron chi connectivity index (χ2n) is 9.98. The van der Waals surface area contributed by atoms with E-state index in [1.54, 1.807) is 22.3 Å². The van der Waals surface area contributed by atoms with Crippen molar-refractivity contribution in [3.05, 3.63) is 107 Å². The standard InChI is InChI=1S/C32H30.H3O4P/c1-3-11-23(12-4-1)27-19-25-15-7-9-17-29(25)31(21-27)32-22-28(24-13-5-2-6-14-24)20-26-16-8-10-18-30(26)32;1-5(2,3)4/h1-6,11-14,19-22H,7-10,15-18H2;(H3,1,2,3,4). The van der Waals surface area contributed by atoms with Crippen molar-refractivity contribution in [2.45, 2.75) is 51.4 Å². The molecule has 0 saturated heterocycles. The summed E-state index contributed by atoms with van der Waals surface area (Å²) in [5.41, 5.74) is 14.7. The lowest BCUT2D eigenvalue weighted by molar-refractivity contribution is 0.275. The van der Waals surface area contributed by atoms with E-state index in [0.29, 0.717) is 0 Å². The molecule has 0 radical (unpaired) electrons. The van der Waals surface area contributed by atoms with Crippen LogP contribution in [0.3, 0.4) is 0 Å². The summed E-state index contributed by atoms with van der Waals surface area (Å²) in [4.78, 5) is 21.6. The molecular formula is C32H33O4P. The Hall–Kier alpha value is -3.01. The highest BCUT2D eigenvalue weighted by Gasteiger charge is 2.22. The molecule has 0 aromatic heterocycles. The zero-order valence-electron chi connectivity index (χ0n) is 20.9. The lowest BCUT2D eigenvalue weighted by atomic mass is 9.78. The van der Waals surface area contributed by atoms with Crippen molar-refractivity contribution >= 4 is 7.82 Å². The maximum atomic E-state index is 8.88. The molecule has 0 aliphatic heterocycles. The molecule has 0 spiro atoms. The molecule has 0 heterocycles. The van der Waals surface area contributed by atoms with Gasteiger partial charge in [0.05, 0.1) is 0 Å². The summed E-state index contributed by atoms with van der Waals surface area (Å²) in [6, 6.07) is 31.8. The minimum atomic E-state index is -4.64. The van der Waals surface area contributed by atoms with Crippen LogP contribution in [-0.2, 0) is 30.2 Å². The average Bonchev–Trinajstić information content (AvgIpc) is 2.92. The van der Waals surface area contributed by atoms with Crippen LogP contribution in [0, 0.1) is 0 Å². The summed E-state index contributed by atoms with van der Waals surface area (Å²) in [7, 11) is -4.64. The molecule has 4 aromatic rings. The summed E-state index contributed by atoms with van der Waals surface area (Å²) < 4.78 is 8.88. The molecule has 4 nitrogen and oxygen atoms in total. The van der Waals surface area contributed by atoms with Gasteiger partial charge in [-0.3, -0.25) is 0 Å². The molecular weight excluding hydrogens is 479 g/mol. The smallest absolute Gasteiger partial charge is 0.303 e. The maximum absolute atomic E-state index is 8.88. The Morgan fingerprint density at radius 1 is 0.486 bits per heavy atom. The Morgan fingerprint density at radius 3 is 1.22 bits per heavy atom. The molecule has 4 aromatic carbocycles. The highest BCUT2D eigenvalue weighted by molar-refractivity contribution is 7.45. The molecule has 5 heteroatoms. The van der Waals surface area contributed by atoms with E-state index >= 15 is 0 Å². The summed E-state index contributed by atoms with van der Waals surface area (Å²) in [5, 5.41) is 0. The van der Waals surface area contributed by atoms with Gasteiger partial charge in [-0.1, -0.05) is 72.8 Å². The summed E-state index contributed by atoms with van der Waals surface area (Å²) >= 11 is 0. The van der Waals surface area contributed by atoms with Gasteiger partial charge in [0.15, 0.2) is 0 Å². The zero-order valence-corrected chi connectivity index (χ0v) is 21.8. The van der Waals surface area contributed by atoms with E-state index in [1.165, 1.54) is 84.7 Å². The first-order valence-electron chi connectivity index (χ1n) is 13.1. The molecule has 0 bridgehead atoms. The van der Waals surface area contributed by atoms with E-state index in [9.17, 15) is 0 Å². The number of aryl methyl sites for hydroxylation is 2. The first kappa shape index (κ1) is 25.6. The number of rotatable bonds is 3. The highest BCUT2D eigenvalue weighted by atomic mass is 31.2. The second kappa shape index (κ2) is 11.2. The molecule has 0 fully saturated rings. The zero-order chi connectivity index (χ0) is 25.8. The maximum Gasteiger partial charge on any atom is 0.466 e. The molecule has 6 rings (SSSR count). The van der Waals surface area contributed by atoms with Crippen LogP contribution in [-0.4, -0.2) is 14.7 Å². The van der Waals surface area contributed by atoms with E-state index in [4.69, 9.17) is 19.2 Å². The van der Waals surface area contributed by atoms with E-state index in [0.717, 1.165) is 0 Å². The topological polar surface area (TPSA) is 77.8 Å². The average molecular weight is 513 g/mol. The summed E-state index contributed by atoms with van der Waals surface area (Å²) in [6.45, 7) is 0. The number of benzene rings is 4. The fourth-order valence-corrected chi connectivity index (χ4v) is 5.81. The van der Waals surface area contributed by atoms with Crippen LogP contribution in [0.4, 0.5) is 0 Å². The van der Waals surface area contributed by atoms with Gasteiger partial charge >= 0.3 is 7.82 Å². The molecule has 3 N–H and O–H groups in total. The highest BCUT2D eigenvalue weighted by Crippen LogP contribution is 2.42. The minimum Gasteiger partial charge on any atom is -0.303 e. The lowest BCUT2D eigenvalue weighted by Crippen LogP contribution is -2.09. The number of phosphoric acid groups is 1. The van der Waals surface area contributed by atoms with Crippen molar-refractivity contribution in [3.8, 4) is 33.4 Å². The van der Waals surface area contributed by atoms with Crippen LogP contribution in [0.25, 0.3) is 33.4 Å². The molecule has 37 heavy (non-hydrogen) atoms. The largest absolute Gasteiger partial charge is 0.466 e. The Labute approximate surface area is 218 Å². The van der Waals surface area contributed by atoms with Gasteiger partial charge in [-0.2, -0.15) is 0 Å². The Balaban J connectivity index is 0.000000514. The van der Waals surface area contributed by atoms with Gasteiger partial charge in [-0.25, -0.2) is 4.57 Å². The van der Waals surface area contributed by atoms with Crippen molar-refractivity contribution < 1.29 is 19.2 Å². The first-order chi connectivity index (χ1) is 17.9. The molecule has 0 unspecified atom stereocenters. The van der Waals surface area contributed by atoms with Crippen molar-refractivity contribution in [3.63, 3.8) is 0 Å². The van der Waals surface area contributed by atoms with Gasteiger partial charge in [0.25, 0.3) is 0 Å². The molecule has 0 saturated carbocycles. The third kappa shape index (κ3) is 6.29. The van der Waals surface area contributed by atoms with Gasteiger partial charge in [-0.15, -0.1) is 0 Å². The van der Waals surface area contributed by atoms with Crippen LogP contribution >= 0.6 is 7.82 Å². The van der Waals surface area contributed by atoms with Crippen molar-refractivity contribution in [2.75, 3.05) is 0 Å². The van der Waals surface area contributed by atoms with Gasteiger partial charge < -0.3 is 14.7 Å². The van der Waals surface area contributed by atoms with Crippen molar-refractivity contribution in [1.82, 2.24) is 0 Å². The fraction of sp³-hybridized carbons (Fsp3) is 0.250. The van der Waals surface area contributed by atoms with Crippen LogP contribution in [0.2, 0.25) is 0 Å². The van der Waals surface area contributed by atoms with Crippen molar-refractivity contribution in [1.29, 1.82) is 0 Å². The predicted octanol–water partition coefficient (Wildman–Crippen LogP) is 7.52. The molecule has 2 aliphatic carbocycles. The minimum absolute atomic E-state index is 1.21. The summed E-state index contributed by atoms with van der Waals surface area (Å²) in [6.07, 6.45) is 10.1. The third-order valence-corrected chi connectivity index (χ3v) is 7.43. The van der Waals surface area contributed by atoms with Crippen molar-refractivity contribution in [2.24, 2.45) is 0 Å². The second-order valence-corrected chi connectivity index (χ2v) is 11.0. The van der Waals surface area contributed by atoms with Gasteiger partial charge in [0, 0.05) is 0 Å². The van der Waals surface area contributed by atoms with Crippen LogP contribution < -0.4 is 0 Å². The molecule has 190 valence electrons. The summed E-state index contributed by atoms with van der Waals surface area (Å²) in [5.74, 6) is 0. The van der Waals surface area contributed by atoms with Gasteiger partial charge in [0.1, 0.15) is 0 Å². The van der Waals surface area contributed by atoms with Crippen LogP contribution in [0.1, 0.15) is 47.9 Å².